The third-order valence-electron chi connectivity index (χ3n) is 3.38. The average molecular weight is 351 g/mol. The fraction of sp³-hybridized carbons (Fsp3) is 0.125. The van der Waals surface area contributed by atoms with E-state index in [1.807, 2.05) is 0 Å². The van der Waals surface area contributed by atoms with E-state index < -0.39 is 22.7 Å². The highest BCUT2D eigenvalue weighted by Gasteiger charge is 2.35. The van der Waals surface area contributed by atoms with Crippen molar-refractivity contribution < 1.29 is 17.4 Å². The van der Waals surface area contributed by atoms with Crippen molar-refractivity contribution in [3.05, 3.63) is 60.7 Å². The van der Waals surface area contributed by atoms with E-state index in [-0.39, 0.29) is 5.82 Å². The zero-order chi connectivity index (χ0) is 17.3. The van der Waals surface area contributed by atoms with Crippen molar-refractivity contribution in [2.24, 2.45) is 0 Å². The lowest BCUT2D eigenvalue weighted by Gasteiger charge is -2.08. The minimum atomic E-state index is -4.54. The zero-order valence-corrected chi connectivity index (χ0v) is 13.3. The lowest BCUT2D eigenvalue weighted by Crippen LogP contribution is -2.05. The highest BCUT2D eigenvalue weighted by atomic mass is 32.2. The first-order chi connectivity index (χ1) is 11.4. The van der Waals surface area contributed by atoms with Crippen molar-refractivity contribution in [2.75, 3.05) is 6.26 Å². The lowest BCUT2D eigenvalue weighted by molar-refractivity contribution is -0.140. The molecule has 0 saturated carbocycles. The Balaban J connectivity index is 2.15. The molecule has 0 amide bonds. The largest absolute Gasteiger partial charge is 0.434 e. The first-order valence-electron chi connectivity index (χ1n) is 6.87. The number of nitrogens with zero attached hydrogens (tertiary/aromatic N) is 3. The predicted octanol–water partition coefficient (Wildman–Crippen LogP) is 3.69. The molecule has 3 aromatic rings. The van der Waals surface area contributed by atoms with Crippen LogP contribution >= 0.6 is 0 Å². The first-order valence-corrected chi connectivity index (χ1v) is 8.43. The molecule has 0 aliphatic carbocycles. The van der Waals surface area contributed by atoms with Crippen LogP contribution in [0.15, 0.2) is 59.9 Å². The van der Waals surface area contributed by atoms with Gasteiger partial charge in [-0.25, -0.2) is 4.98 Å². The van der Waals surface area contributed by atoms with Crippen LogP contribution in [0, 0.1) is 0 Å². The molecule has 0 bridgehead atoms. The summed E-state index contributed by atoms with van der Waals surface area (Å²) in [6.45, 7) is 0. The number of halogens is 3. The average Bonchev–Trinajstić information content (AvgIpc) is 3.01. The molecule has 1 atom stereocenters. The second kappa shape index (κ2) is 6.20. The van der Waals surface area contributed by atoms with Crippen molar-refractivity contribution in [3.63, 3.8) is 0 Å². The van der Waals surface area contributed by atoms with E-state index in [4.69, 9.17) is 0 Å². The minimum absolute atomic E-state index is 0.162. The number of hydrogen-bond acceptors (Lipinski definition) is 3. The van der Waals surface area contributed by atoms with Crippen LogP contribution in [-0.4, -0.2) is 25.0 Å². The van der Waals surface area contributed by atoms with E-state index in [0.29, 0.717) is 16.1 Å². The Kier molecular flexibility index (Phi) is 4.23. The summed E-state index contributed by atoms with van der Waals surface area (Å²) >= 11 is 0. The standard InChI is InChI=1S/C16H12F3N3OS/c1-24(23)13-4-2-12(3-5-13)22-10-14(16(17,18)19)21-15(22)11-6-8-20-9-7-11/h2-10H,1H3. The van der Waals surface area contributed by atoms with E-state index in [1.54, 1.807) is 36.4 Å². The maximum atomic E-state index is 13.1. The summed E-state index contributed by atoms with van der Waals surface area (Å²) in [4.78, 5) is 8.20. The minimum Gasteiger partial charge on any atom is -0.299 e. The molecule has 0 N–H and O–H groups in total. The molecule has 1 unspecified atom stereocenters. The number of pyridine rings is 1. The van der Waals surface area contributed by atoms with Crippen LogP contribution in [0.25, 0.3) is 17.1 Å². The van der Waals surface area contributed by atoms with E-state index in [0.717, 1.165) is 6.20 Å². The van der Waals surface area contributed by atoms with Gasteiger partial charge in [-0.3, -0.25) is 13.8 Å². The summed E-state index contributed by atoms with van der Waals surface area (Å²) in [6, 6.07) is 9.65. The molecule has 1 aromatic carbocycles. The van der Waals surface area contributed by atoms with Crippen LogP contribution in [0.2, 0.25) is 0 Å². The van der Waals surface area contributed by atoms with E-state index in [2.05, 4.69) is 9.97 Å². The Hall–Kier alpha value is -2.48. The summed E-state index contributed by atoms with van der Waals surface area (Å²) in [5.41, 5.74) is 0.0418. The van der Waals surface area contributed by atoms with Gasteiger partial charge in [-0.2, -0.15) is 13.2 Å². The quantitative estimate of drug-likeness (QED) is 0.723. The fourth-order valence-electron chi connectivity index (χ4n) is 2.22. The van der Waals surface area contributed by atoms with Gasteiger partial charge in [0.2, 0.25) is 0 Å². The third kappa shape index (κ3) is 3.23. The van der Waals surface area contributed by atoms with Crippen LogP contribution in [0.4, 0.5) is 13.2 Å². The molecule has 8 heteroatoms. The van der Waals surface area contributed by atoms with Gasteiger partial charge in [-0.15, -0.1) is 0 Å². The Bertz CT molecular complexity index is 874. The monoisotopic (exact) mass is 351 g/mol. The molecule has 4 nitrogen and oxygen atoms in total. The molecule has 2 aromatic heterocycles. The summed E-state index contributed by atoms with van der Waals surface area (Å²) < 4.78 is 52.0. The molecule has 0 saturated heterocycles. The number of alkyl halides is 3. The first kappa shape index (κ1) is 16.4. The van der Waals surface area contributed by atoms with Gasteiger partial charge in [0.15, 0.2) is 5.69 Å². The van der Waals surface area contributed by atoms with Gasteiger partial charge in [0.1, 0.15) is 5.82 Å². The topological polar surface area (TPSA) is 47.8 Å². The number of benzene rings is 1. The predicted molar refractivity (Wildman–Crippen MR) is 84.1 cm³/mol. The van der Waals surface area contributed by atoms with Crippen LogP contribution < -0.4 is 0 Å². The maximum Gasteiger partial charge on any atom is 0.434 e. The molecule has 3 rings (SSSR count). The summed E-state index contributed by atoms with van der Waals surface area (Å²) in [7, 11) is -1.16. The van der Waals surface area contributed by atoms with Gasteiger partial charge in [0.05, 0.1) is 0 Å². The molecule has 0 aliphatic rings. The molecular weight excluding hydrogens is 339 g/mol. The normalized spacial score (nSPS) is 13.0. The number of imidazole rings is 1. The molecule has 0 radical (unpaired) electrons. The van der Waals surface area contributed by atoms with Gasteiger partial charge < -0.3 is 0 Å². The molecule has 24 heavy (non-hydrogen) atoms. The summed E-state index contributed by atoms with van der Waals surface area (Å²) in [5, 5.41) is 0. The fourth-order valence-corrected chi connectivity index (χ4v) is 2.74. The van der Waals surface area contributed by atoms with Crippen molar-refractivity contribution in [1.82, 2.24) is 14.5 Å². The van der Waals surface area contributed by atoms with Crippen molar-refractivity contribution in [2.45, 2.75) is 11.1 Å². The Morgan fingerprint density at radius 1 is 1.04 bits per heavy atom. The van der Waals surface area contributed by atoms with Gasteiger partial charge in [0, 0.05) is 51.8 Å². The number of aromatic nitrogens is 3. The smallest absolute Gasteiger partial charge is 0.299 e. The molecule has 2 heterocycles. The van der Waals surface area contributed by atoms with Crippen LogP contribution in [-0.2, 0) is 17.0 Å². The van der Waals surface area contributed by atoms with E-state index in [1.165, 1.54) is 23.2 Å². The highest BCUT2D eigenvalue weighted by Crippen LogP contribution is 2.32. The SMILES string of the molecule is CS(=O)c1ccc(-n2cc(C(F)(F)F)nc2-c2ccncc2)cc1. The lowest BCUT2D eigenvalue weighted by atomic mass is 10.2. The van der Waals surface area contributed by atoms with Gasteiger partial charge in [-0.1, -0.05) is 0 Å². The second-order valence-electron chi connectivity index (χ2n) is 5.00. The maximum absolute atomic E-state index is 13.1. The zero-order valence-electron chi connectivity index (χ0n) is 12.5. The third-order valence-corrected chi connectivity index (χ3v) is 4.32. The van der Waals surface area contributed by atoms with Gasteiger partial charge in [-0.05, 0) is 36.4 Å². The summed E-state index contributed by atoms with van der Waals surface area (Å²) in [6.07, 6.45) is 0.928. The van der Waals surface area contributed by atoms with E-state index >= 15 is 0 Å². The van der Waals surface area contributed by atoms with Crippen molar-refractivity contribution in [3.8, 4) is 17.1 Å². The second-order valence-corrected chi connectivity index (χ2v) is 6.38. The van der Waals surface area contributed by atoms with Crippen molar-refractivity contribution >= 4 is 10.8 Å². The Morgan fingerprint density at radius 2 is 1.67 bits per heavy atom. The molecule has 0 spiro atoms. The van der Waals surface area contributed by atoms with Crippen molar-refractivity contribution in [1.29, 1.82) is 0 Å². The van der Waals surface area contributed by atoms with Crippen LogP contribution in [0.1, 0.15) is 5.69 Å². The molecule has 0 fully saturated rings. The Labute approximate surface area is 138 Å². The molecule has 124 valence electrons. The number of hydrogen-bond donors (Lipinski definition) is 0. The molecule has 0 aliphatic heterocycles. The van der Waals surface area contributed by atoms with Gasteiger partial charge >= 0.3 is 6.18 Å². The Morgan fingerprint density at radius 3 is 2.21 bits per heavy atom. The highest BCUT2D eigenvalue weighted by molar-refractivity contribution is 7.84. The summed E-state index contributed by atoms with van der Waals surface area (Å²) in [5.74, 6) is 0.162. The van der Waals surface area contributed by atoms with Crippen LogP contribution in [0.3, 0.4) is 0 Å². The van der Waals surface area contributed by atoms with Gasteiger partial charge in [0.25, 0.3) is 0 Å². The van der Waals surface area contributed by atoms with Crippen LogP contribution in [0.5, 0.6) is 0 Å². The number of rotatable bonds is 3. The van der Waals surface area contributed by atoms with E-state index in [9.17, 15) is 17.4 Å². The molecular formula is C16H12F3N3OS.